The molecule has 0 spiro atoms. The number of hydrogen-bond donors (Lipinski definition) is 3. The molecule has 18 heavy (non-hydrogen) atoms. The van der Waals surface area contributed by atoms with Gasteiger partial charge in [0.05, 0.1) is 0 Å². The van der Waals surface area contributed by atoms with E-state index in [0.717, 1.165) is 0 Å². The Morgan fingerprint density at radius 1 is 1.33 bits per heavy atom. The third kappa shape index (κ3) is 7.89. The lowest BCUT2D eigenvalue weighted by Gasteiger charge is -2.21. The quantitative estimate of drug-likeness (QED) is 0.572. The van der Waals surface area contributed by atoms with Crippen molar-refractivity contribution in [3.05, 3.63) is 0 Å². The molecule has 0 fully saturated rings. The van der Waals surface area contributed by atoms with E-state index in [0.29, 0.717) is 32.1 Å². The van der Waals surface area contributed by atoms with E-state index in [1.165, 1.54) is 13.8 Å². The van der Waals surface area contributed by atoms with Gasteiger partial charge in [-0.25, -0.2) is 9.59 Å². The summed E-state index contributed by atoms with van der Waals surface area (Å²) in [5, 5.41) is 13.8. The minimum atomic E-state index is -1.27. The van der Waals surface area contributed by atoms with E-state index in [1.807, 2.05) is 0 Å². The number of carbonyl (C=O) groups is 2. The Bertz CT molecular complexity index is 277. The molecule has 0 aromatic rings. The van der Waals surface area contributed by atoms with Crippen molar-refractivity contribution in [3.63, 3.8) is 0 Å². The van der Waals surface area contributed by atoms with Crippen LogP contribution in [0.4, 0.5) is 4.79 Å². The summed E-state index contributed by atoms with van der Waals surface area (Å²) in [6, 6.07) is -0.480. The maximum Gasteiger partial charge on any atom is 0.328 e. The van der Waals surface area contributed by atoms with Crippen molar-refractivity contribution in [1.29, 1.82) is 0 Å². The molecule has 0 aliphatic carbocycles. The van der Waals surface area contributed by atoms with Crippen LogP contribution in [-0.2, 0) is 9.53 Å². The van der Waals surface area contributed by atoms with Gasteiger partial charge in [-0.2, -0.15) is 0 Å². The summed E-state index contributed by atoms with van der Waals surface area (Å²) in [6.07, 6.45) is 0.702. The van der Waals surface area contributed by atoms with Gasteiger partial charge in [0.2, 0.25) is 0 Å². The highest BCUT2D eigenvalue weighted by atomic mass is 16.5. The number of carboxylic acid groups (broad SMARTS) is 1. The zero-order valence-electron chi connectivity index (χ0n) is 11.6. The number of aliphatic carboxylic acids is 1. The average molecular weight is 260 g/mol. The Balaban J connectivity index is 3.63. The summed E-state index contributed by atoms with van der Waals surface area (Å²) in [5.74, 6) is -0.574. The molecule has 6 heteroatoms. The molecule has 0 aliphatic rings. The van der Waals surface area contributed by atoms with E-state index in [9.17, 15) is 9.59 Å². The van der Waals surface area contributed by atoms with Gasteiger partial charge in [-0.15, -0.1) is 0 Å². The summed E-state index contributed by atoms with van der Waals surface area (Å²) >= 11 is 0. The summed E-state index contributed by atoms with van der Waals surface area (Å²) in [6.45, 7) is 8.75. The van der Waals surface area contributed by atoms with Crippen LogP contribution in [0.15, 0.2) is 0 Å². The first kappa shape index (κ1) is 16.7. The summed E-state index contributed by atoms with van der Waals surface area (Å²) in [5.41, 5.74) is -1.27. The minimum absolute atomic E-state index is 0.458. The van der Waals surface area contributed by atoms with Crippen molar-refractivity contribution in [2.24, 2.45) is 5.92 Å². The molecule has 0 atom stereocenters. The third-order valence-electron chi connectivity index (χ3n) is 2.16. The summed E-state index contributed by atoms with van der Waals surface area (Å²) in [7, 11) is 0. The SMILES string of the molecule is CC(C)COCCCNC(=O)NC(C)(C)C(=O)O. The van der Waals surface area contributed by atoms with Gasteiger partial charge >= 0.3 is 12.0 Å². The molecule has 6 nitrogen and oxygen atoms in total. The van der Waals surface area contributed by atoms with Crippen molar-refractivity contribution in [2.75, 3.05) is 19.8 Å². The number of nitrogens with one attached hydrogen (secondary N) is 2. The molecular weight excluding hydrogens is 236 g/mol. The molecule has 2 amide bonds. The maximum atomic E-state index is 11.4. The molecule has 3 N–H and O–H groups in total. The van der Waals surface area contributed by atoms with Gasteiger partial charge in [0.25, 0.3) is 0 Å². The summed E-state index contributed by atoms with van der Waals surface area (Å²) in [4.78, 5) is 22.2. The lowest BCUT2D eigenvalue weighted by molar-refractivity contribution is -0.142. The van der Waals surface area contributed by atoms with Crippen molar-refractivity contribution in [1.82, 2.24) is 10.6 Å². The molecule has 0 unspecified atom stereocenters. The number of carboxylic acids is 1. The Hall–Kier alpha value is -1.30. The van der Waals surface area contributed by atoms with Crippen LogP contribution in [0.5, 0.6) is 0 Å². The molecule has 0 heterocycles. The molecule has 106 valence electrons. The predicted molar refractivity (Wildman–Crippen MR) is 68.5 cm³/mol. The first-order valence-electron chi connectivity index (χ1n) is 6.13. The monoisotopic (exact) mass is 260 g/mol. The zero-order valence-corrected chi connectivity index (χ0v) is 11.6. The topological polar surface area (TPSA) is 87.7 Å². The first-order chi connectivity index (χ1) is 8.25. The van der Waals surface area contributed by atoms with E-state index >= 15 is 0 Å². The molecule has 0 radical (unpaired) electrons. The molecule has 0 rings (SSSR count). The summed E-state index contributed by atoms with van der Waals surface area (Å²) < 4.78 is 5.35. The fourth-order valence-corrected chi connectivity index (χ4v) is 1.08. The number of rotatable bonds is 8. The molecular formula is C12H24N2O4. The van der Waals surface area contributed by atoms with Gasteiger partial charge < -0.3 is 20.5 Å². The highest BCUT2D eigenvalue weighted by molar-refractivity contribution is 5.85. The number of carbonyl (C=O) groups excluding carboxylic acids is 1. The van der Waals surface area contributed by atoms with Gasteiger partial charge in [0.1, 0.15) is 5.54 Å². The van der Waals surface area contributed by atoms with E-state index in [4.69, 9.17) is 9.84 Å². The zero-order chi connectivity index (χ0) is 14.2. The Morgan fingerprint density at radius 3 is 2.44 bits per heavy atom. The van der Waals surface area contributed by atoms with Crippen molar-refractivity contribution in [3.8, 4) is 0 Å². The second kappa shape index (κ2) is 7.92. The number of amides is 2. The number of hydrogen-bond acceptors (Lipinski definition) is 3. The van der Waals surface area contributed by atoms with Crippen LogP contribution >= 0.6 is 0 Å². The van der Waals surface area contributed by atoms with Crippen molar-refractivity contribution < 1.29 is 19.4 Å². The van der Waals surface area contributed by atoms with Crippen molar-refractivity contribution >= 4 is 12.0 Å². The molecule has 0 bridgehead atoms. The van der Waals surface area contributed by atoms with Crippen LogP contribution in [0.2, 0.25) is 0 Å². The van der Waals surface area contributed by atoms with Crippen molar-refractivity contribution in [2.45, 2.75) is 39.7 Å². The van der Waals surface area contributed by atoms with Gasteiger partial charge in [-0.3, -0.25) is 0 Å². The predicted octanol–water partition coefficient (Wildman–Crippen LogP) is 1.21. The van der Waals surface area contributed by atoms with E-state index < -0.39 is 17.5 Å². The largest absolute Gasteiger partial charge is 0.480 e. The molecule has 0 saturated heterocycles. The second-order valence-electron chi connectivity index (χ2n) is 5.13. The second-order valence-corrected chi connectivity index (χ2v) is 5.13. The minimum Gasteiger partial charge on any atom is -0.480 e. The maximum absolute atomic E-state index is 11.4. The highest BCUT2D eigenvalue weighted by Crippen LogP contribution is 2.00. The standard InChI is InChI=1S/C12H24N2O4/c1-9(2)8-18-7-5-6-13-11(17)14-12(3,4)10(15)16/h9H,5-8H2,1-4H3,(H,15,16)(H2,13,14,17). The Labute approximate surface area is 108 Å². The lowest BCUT2D eigenvalue weighted by atomic mass is 10.1. The van der Waals surface area contributed by atoms with Crippen LogP contribution in [0.3, 0.4) is 0 Å². The first-order valence-corrected chi connectivity index (χ1v) is 6.13. The highest BCUT2D eigenvalue weighted by Gasteiger charge is 2.28. The average Bonchev–Trinajstić information content (AvgIpc) is 2.21. The Morgan fingerprint density at radius 2 is 1.94 bits per heavy atom. The lowest BCUT2D eigenvalue weighted by Crippen LogP contribution is -2.53. The van der Waals surface area contributed by atoms with Gasteiger partial charge in [0.15, 0.2) is 0 Å². The normalized spacial score (nSPS) is 11.4. The number of ether oxygens (including phenoxy) is 1. The van der Waals surface area contributed by atoms with Crippen LogP contribution in [-0.4, -0.2) is 42.4 Å². The van der Waals surface area contributed by atoms with E-state index in [-0.39, 0.29) is 0 Å². The molecule has 0 aromatic carbocycles. The molecule has 0 aliphatic heterocycles. The van der Waals surface area contributed by atoms with Crippen LogP contribution < -0.4 is 10.6 Å². The third-order valence-corrected chi connectivity index (χ3v) is 2.16. The van der Waals surface area contributed by atoms with E-state index in [2.05, 4.69) is 24.5 Å². The Kier molecular flexibility index (Phi) is 7.35. The van der Waals surface area contributed by atoms with Crippen LogP contribution in [0.1, 0.15) is 34.1 Å². The molecule has 0 saturated carbocycles. The van der Waals surface area contributed by atoms with Gasteiger partial charge in [-0.05, 0) is 26.2 Å². The van der Waals surface area contributed by atoms with Gasteiger partial charge in [0, 0.05) is 19.8 Å². The van der Waals surface area contributed by atoms with Crippen LogP contribution in [0.25, 0.3) is 0 Å². The fraction of sp³-hybridized carbons (Fsp3) is 0.833. The fourth-order valence-electron chi connectivity index (χ4n) is 1.08. The van der Waals surface area contributed by atoms with Crippen LogP contribution in [0, 0.1) is 5.92 Å². The van der Waals surface area contributed by atoms with Gasteiger partial charge in [-0.1, -0.05) is 13.8 Å². The smallest absolute Gasteiger partial charge is 0.328 e. The number of urea groups is 1. The molecule has 0 aromatic heterocycles. The van der Waals surface area contributed by atoms with E-state index in [1.54, 1.807) is 0 Å².